The van der Waals surface area contributed by atoms with Gasteiger partial charge < -0.3 is 5.32 Å². The molecule has 1 aliphatic rings. The first-order chi connectivity index (χ1) is 11.7. The first kappa shape index (κ1) is 15.2. The van der Waals surface area contributed by atoms with Gasteiger partial charge in [-0.2, -0.15) is 0 Å². The van der Waals surface area contributed by atoms with Crippen molar-refractivity contribution < 1.29 is 4.39 Å². The summed E-state index contributed by atoms with van der Waals surface area (Å²) in [7, 11) is 0. The number of rotatable bonds is 3. The van der Waals surface area contributed by atoms with E-state index in [1.54, 1.807) is 12.1 Å². The smallest absolute Gasteiger partial charge is 0.139 e. The highest BCUT2D eigenvalue weighted by Gasteiger charge is 2.20. The number of nitrogens with one attached hydrogen (secondary N) is 1. The number of aromatic nitrogens is 2. The number of halogens is 1. The predicted octanol–water partition coefficient (Wildman–Crippen LogP) is 5.19. The van der Waals surface area contributed by atoms with Gasteiger partial charge in [0.05, 0.1) is 0 Å². The van der Waals surface area contributed by atoms with Gasteiger partial charge in [-0.05, 0) is 44.0 Å². The van der Waals surface area contributed by atoms with Gasteiger partial charge in [-0.3, -0.25) is 4.40 Å². The second-order valence-electron chi connectivity index (χ2n) is 6.66. The van der Waals surface area contributed by atoms with E-state index >= 15 is 0 Å². The fourth-order valence-corrected chi connectivity index (χ4v) is 3.66. The van der Waals surface area contributed by atoms with E-state index in [0.29, 0.717) is 6.04 Å². The third kappa shape index (κ3) is 2.77. The SMILES string of the molecule is Cc1cccc2nc(-c3cccc(F)c3)c(NC3CCCCC3)n12. The van der Waals surface area contributed by atoms with Gasteiger partial charge in [-0.25, -0.2) is 9.37 Å². The lowest BCUT2D eigenvalue weighted by molar-refractivity contribution is 0.461. The van der Waals surface area contributed by atoms with Gasteiger partial charge in [0.1, 0.15) is 23.0 Å². The van der Waals surface area contributed by atoms with Crippen molar-refractivity contribution in [3.63, 3.8) is 0 Å². The average Bonchev–Trinajstić information content (AvgIpc) is 2.96. The molecule has 2 heterocycles. The zero-order valence-electron chi connectivity index (χ0n) is 13.9. The topological polar surface area (TPSA) is 29.3 Å². The number of hydrogen-bond acceptors (Lipinski definition) is 2. The van der Waals surface area contributed by atoms with E-state index in [0.717, 1.165) is 28.4 Å². The predicted molar refractivity (Wildman–Crippen MR) is 95.8 cm³/mol. The van der Waals surface area contributed by atoms with Crippen molar-refractivity contribution in [3.8, 4) is 11.3 Å². The van der Waals surface area contributed by atoms with E-state index in [2.05, 4.69) is 22.7 Å². The van der Waals surface area contributed by atoms with Crippen molar-refractivity contribution in [1.29, 1.82) is 0 Å². The molecule has 1 N–H and O–H groups in total. The van der Waals surface area contributed by atoms with Crippen LogP contribution in [0.2, 0.25) is 0 Å². The van der Waals surface area contributed by atoms with Crippen LogP contribution >= 0.6 is 0 Å². The summed E-state index contributed by atoms with van der Waals surface area (Å²) in [5.41, 5.74) is 3.67. The molecule has 0 unspecified atom stereocenters. The van der Waals surface area contributed by atoms with Crippen molar-refractivity contribution in [1.82, 2.24) is 9.38 Å². The van der Waals surface area contributed by atoms with Crippen LogP contribution in [0.5, 0.6) is 0 Å². The third-order valence-corrected chi connectivity index (χ3v) is 4.88. The van der Waals surface area contributed by atoms with Crippen LogP contribution < -0.4 is 5.32 Å². The van der Waals surface area contributed by atoms with Crippen molar-refractivity contribution in [3.05, 3.63) is 54.0 Å². The van der Waals surface area contributed by atoms with Gasteiger partial charge in [0.15, 0.2) is 0 Å². The molecule has 4 rings (SSSR count). The Kier molecular flexibility index (Phi) is 3.97. The van der Waals surface area contributed by atoms with E-state index < -0.39 is 0 Å². The fourth-order valence-electron chi connectivity index (χ4n) is 3.66. The Labute approximate surface area is 141 Å². The Morgan fingerprint density at radius 3 is 2.67 bits per heavy atom. The molecule has 2 aromatic heterocycles. The molecule has 1 aromatic carbocycles. The molecule has 0 aliphatic heterocycles. The summed E-state index contributed by atoms with van der Waals surface area (Å²) < 4.78 is 15.9. The molecule has 1 saturated carbocycles. The number of imidazole rings is 1. The van der Waals surface area contributed by atoms with Crippen LogP contribution in [0.15, 0.2) is 42.5 Å². The number of nitrogens with zero attached hydrogens (tertiary/aromatic N) is 2. The maximum absolute atomic E-state index is 13.7. The van der Waals surface area contributed by atoms with E-state index in [1.807, 2.05) is 18.2 Å². The number of fused-ring (bicyclic) bond motifs is 1. The van der Waals surface area contributed by atoms with Crippen LogP contribution in [0.25, 0.3) is 16.9 Å². The maximum Gasteiger partial charge on any atom is 0.139 e. The van der Waals surface area contributed by atoms with Crippen LogP contribution in [0.3, 0.4) is 0 Å². The van der Waals surface area contributed by atoms with Crippen LogP contribution in [-0.2, 0) is 0 Å². The molecule has 3 nitrogen and oxygen atoms in total. The molecule has 3 aromatic rings. The van der Waals surface area contributed by atoms with Crippen molar-refractivity contribution in [2.45, 2.75) is 45.1 Å². The van der Waals surface area contributed by atoms with Gasteiger partial charge in [0.25, 0.3) is 0 Å². The van der Waals surface area contributed by atoms with Crippen LogP contribution in [0, 0.1) is 12.7 Å². The highest BCUT2D eigenvalue weighted by atomic mass is 19.1. The number of benzene rings is 1. The Balaban J connectivity index is 1.85. The second kappa shape index (κ2) is 6.27. The molecule has 1 aliphatic carbocycles. The molecule has 4 heteroatoms. The number of hydrogen-bond donors (Lipinski definition) is 1. The monoisotopic (exact) mass is 323 g/mol. The van der Waals surface area contributed by atoms with E-state index in [1.165, 1.54) is 38.2 Å². The average molecular weight is 323 g/mol. The Morgan fingerprint density at radius 2 is 1.88 bits per heavy atom. The van der Waals surface area contributed by atoms with Crippen molar-refractivity contribution in [2.75, 3.05) is 5.32 Å². The quantitative estimate of drug-likeness (QED) is 0.718. The summed E-state index contributed by atoms with van der Waals surface area (Å²) in [5.74, 6) is 0.755. The van der Waals surface area contributed by atoms with Crippen LogP contribution in [0.4, 0.5) is 10.2 Å². The van der Waals surface area contributed by atoms with Crippen LogP contribution in [0.1, 0.15) is 37.8 Å². The third-order valence-electron chi connectivity index (χ3n) is 4.88. The standard InChI is InChI=1S/C20H22FN3/c1-14-7-5-12-18-23-19(15-8-6-9-16(21)13-15)20(24(14)18)22-17-10-3-2-4-11-17/h5-9,12-13,17,22H,2-4,10-11H2,1H3. The molecular weight excluding hydrogens is 301 g/mol. The summed E-state index contributed by atoms with van der Waals surface area (Å²) in [5, 5.41) is 3.71. The summed E-state index contributed by atoms with van der Waals surface area (Å²) in [6.07, 6.45) is 6.22. The largest absolute Gasteiger partial charge is 0.367 e. The molecule has 1 fully saturated rings. The zero-order chi connectivity index (χ0) is 16.5. The Bertz CT molecular complexity index is 862. The molecule has 24 heavy (non-hydrogen) atoms. The lowest BCUT2D eigenvalue weighted by atomic mass is 9.95. The van der Waals surface area contributed by atoms with Gasteiger partial charge in [-0.15, -0.1) is 0 Å². The number of pyridine rings is 1. The van der Waals surface area contributed by atoms with Crippen LogP contribution in [-0.4, -0.2) is 15.4 Å². The summed E-state index contributed by atoms with van der Waals surface area (Å²) in [6, 6.07) is 13.3. The fraction of sp³-hybridized carbons (Fsp3) is 0.350. The van der Waals surface area contributed by atoms with Crippen molar-refractivity contribution >= 4 is 11.5 Å². The number of anilines is 1. The molecular formula is C20H22FN3. The van der Waals surface area contributed by atoms with Gasteiger partial charge in [0.2, 0.25) is 0 Å². The lowest BCUT2D eigenvalue weighted by Gasteiger charge is -2.24. The highest BCUT2D eigenvalue weighted by Crippen LogP contribution is 2.32. The normalized spacial score (nSPS) is 15.8. The number of aryl methyl sites for hydroxylation is 1. The van der Waals surface area contributed by atoms with Gasteiger partial charge in [-0.1, -0.05) is 37.5 Å². The summed E-state index contributed by atoms with van der Waals surface area (Å²) in [4.78, 5) is 4.78. The maximum atomic E-state index is 13.7. The molecule has 0 spiro atoms. The molecule has 124 valence electrons. The Morgan fingerprint density at radius 1 is 1.08 bits per heavy atom. The molecule has 0 saturated heterocycles. The van der Waals surface area contributed by atoms with E-state index in [-0.39, 0.29) is 5.82 Å². The van der Waals surface area contributed by atoms with Crippen molar-refractivity contribution in [2.24, 2.45) is 0 Å². The first-order valence-corrected chi connectivity index (χ1v) is 8.73. The lowest BCUT2D eigenvalue weighted by Crippen LogP contribution is -2.23. The molecule has 0 amide bonds. The minimum atomic E-state index is -0.232. The first-order valence-electron chi connectivity index (χ1n) is 8.73. The summed E-state index contributed by atoms with van der Waals surface area (Å²) >= 11 is 0. The summed E-state index contributed by atoms with van der Waals surface area (Å²) in [6.45, 7) is 2.08. The Hall–Kier alpha value is -2.36. The van der Waals surface area contributed by atoms with Gasteiger partial charge in [0, 0.05) is 17.3 Å². The minimum Gasteiger partial charge on any atom is -0.367 e. The molecule has 0 bridgehead atoms. The van der Waals surface area contributed by atoms with E-state index in [9.17, 15) is 4.39 Å². The van der Waals surface area contributed by atoms with Gasteiger partial charge >= 0.3 is 0 Å². The molecule has 0 atom stereocenters. The van der Waals surface area contributed by atoms with E-state index in [4.69, 9.17) is 4.98 Å². The zero-order valence-corrected chi connectivity index (χ0v) is 13.9. The second-order valence-corrected chi connectivity index (χ2v) is 6.66. The highest BCUT2D eigenvalue weighted by molar-refractivity contribution is 5.77. The minimum absolute atomic E-state index is 0.232. The molecule has 0 radical (unpaired) electrons.